The van der Waals surface area contributed by atoms with E-state index in [1.807, 2.05) is 0 Å². The van der Waals surface area contributed by atoms with Crippen LogP contribution in [0.5, 0.6) is 0 Å². The van der Waals surface area contributed by atoms with Crippen molar-refractivity contribution in [3.63, 3.8) is 0 Å². The molecule has 24 heavy (non-hydrogen) atoms. The van der Waals surface area contributed by atoms with Crippen LogP contribution in [0.1, 0.15) is 26.3 Å². The van der Waals surface area contributed by atoms with E-state index in [0.29, 0.717) is 5.69 Å². The molecular weight excluding hydrogens is 323 g/mol. The molecule has 0 fully saturated rings. The molecule has 1 atom stereocenters. The number of carbonyl (C=O) groups excluding carboxylic acids is 1. The minimum atomic E-state index is -4.60. The maximum atomic E-state index is 13.2. The highest BCUT2D eigenvalue weighted by atomic mass is 19.4. The van der Waals surface area contributed by atoms with E-state index in [2.05, 4.69) is 10.6 Å². The van der Waals surface area contributed by atoms with Crippen LogP contribution < -0.4 is 15.5 Å². The van der Waals surface area contributed by atoms with Gasteiger partial charge < -0.3 is 20.6 Å². The molecule has 0 aromatic heterocycles. The van der Waals surface area contributed by atoms with Crippen LogP contribution in [0.15, 0.2) is 18.2 Å². The first-order valence-electron chi connectivity index (χ1n) is 7.44. The molecule has 0 saturated carbocycles. The highest BCUT2D eigenvalue weighted by molar-refractivity contribution is 5.90. The minimum Gasteiger partial charge on any atom is -0.391 e. The normalized spacial score (nSPS) is 13.4. The summed E-state index contributed by atoms with van der Waals surface area (Å²) in [6.07, 6.45) is -5.42. The lowest BCUT2D eigenvalue weighted by Gasteiger charge is -2.26. The molecule has 2 amide bonds. The molecule has 1 unspecified atom stereocenters. The van der Waals surface area contributed by atoms with Crippen LogP contribution in [-0.2, 0) is 6.18 Å². The lowest BCUT2D eigenvalue weighted by molar-refractivity contribution is -0.136. The van der Waals surface area contributed by atoms with Gasteiger partial charge in [-0.2, -0.15) is 13.2 Å². The standard InChI is InChI=1S/C16H24F3N3O2/c1-15(2,3)13(23)9-20-14(24)21-12-7-6-10(22(4)5)8-11(12)16(17,18)19/h6-8,13,23H,9H2,1-5H3,(H2,20,21,24). The highest BCUT2D eigenvalue weighted by Gasteiger charge is 2.34. The number of amides is 2. The molecule has 1 aromatic rings. The second-order valence-corrected chi connectivity index (χ2v) is 6.84. The van der Waals surface area contributed by atoms with Gasteiger partial charge in [-0.15, -0.1) is 0 Å². The predicted molar refractivity (Wildman–Crippen MR) is 88.3 cm³/mol. The van der Waals surface area contributed by atoms with Gasteiger partial charge in [0.25, 0.3) is 0 Å². The van der Waals surface area contributed by atoms with E-state index in [0.717, 1.165) is 6.07 Å². The number of urea groups is 1. The number of nitrogens with zero attached hydrogens (tertiary/aromatic N) is 1. The molecule has 0 radical (unpaired) electrons. The van der Waals surface area contributed by atoms with Gasteiger partial charge in [0, 0.05) is 26.3 Å². The van der Waals surface area contributed by atoms with Crippen LogP contribution in [-0.4, -0.2) is 37.9 Å². The smallest absolute Gasteiger partial charge is 0.391 e. The van der Waals surface area contributed by atoms with Crippen molar-refractivity contribution >= 4 is 17.4 Å². The Morgan fingerprint density at radius 2 is 1.83 bits per heavy atom. The van der Waals surface area contributed by atoms with Gasteiger partial charge in [-0.1, -0.05) is 20.8 Å². The number of aliphatic hydroxyl groups excluding tert-OH is 1. The molecule has 5 nitrogen and oxygen atoms in total. The summed E-state index contributed by atoms with van der Waals surface area (Å²) in [5.41, 5.74) is -1.34. The molecule has 1 aromatic carbocycles. The number of carbonyl (C=O) groups is 1. The summed E-state index contributed by atoms with van der Waals surface area (Å²) < 4.78 is 39.5. The topological polar surface area (TPSA) is 64.6 Å². The van der Waals surface area contributed by atoms with Gasteiger partial charge in [-0.05, 0) is 23.6 Å². The second kappa shape index (κ2) is 7.29. The summed E-state index contributed by atoms with van der Waals surface area (Å²) in [6, 6.07) is 2.85. The van der Waals surface area contributed by atoms with Gasteiger partial charge >= 0.3 is 12.2 Å². The minimum absolute atomic E-state index is 0.0630. The first-order valence-corrected chi connectivity index (χ1v) is 7.44. The zero-order valence-corrected chi connectivity index (χ0v) is 14.5. The van der Waals surface area contributed by atoms with E-state index < -0.39 is 29.3 Å². The van der Waals surface area contributed by atoms with Crippen LogP contribution in [0, 0.1) is 5.41 Å². The van der Waals surface area contributed by atoms with Crippen LogP contribution in [0.2, 0.25) is 0 Å². The first-order chi connectivity index (χ1) is 10.8. The Morgan fingerprint density at radius 1 is 1.25 bits per heavy atom. The quantitative estimate of drug-likeness (QED) is 0.783. The van der Waals surface area contributed by atoms with Gasteiger partial charge in [-0.3, -0.25) is 0 Å². The third-order valence-corrected chi connectivity index (χ3v) is 3.53. The maximum absolute atomic E-state index is 13.2. The van der Waals surface area contributed by atoms with Gasteiger partial charge in [0.1, 0.15) is 0 Å². The lowest BCUT2D eigenvalue weighted by Crippen LogP contribution is -2.41. The number of halogens is 3. The van der Waals surface area contributed by atoms with E-state index in [9.17, 15) is 23.1 Å². The Morgan fingerprint density at radius 3 is 2.29 bits per heavy atom. The Labute approximate surface area is 139 Å². The van der Waals surface area contributed by atoms with Gasteiger partial charge in [-0.25, -0.2) is 4.79 Å². The largest absolute Gasteiger partial charge is 0.418 e. The van der Waals surface area contributed by atoms with Crippen molar-refractivity contribution in [2.24, 2.45) is 5.41 Å². The number of anilines is 2. The van der Waals surface area contributed by atoms with Crippen molar-refractivity contribution in [2.75, 3.05) is 30.9 Å². The fourth-order valence-corrected chi connectivity index (χ4v) is 1.82. The van der Waals surface area contributed by atoms with E-state index in [1.165, 1.54) is 12.1 Å². The van der Waals surface area contributed by atoms with Crippen molar-refractivity contribution in [2.45, 2.75) is 33.1 Å². The first kappa shape index (κ1) is 20.1. The number of alkyl halides is 3. The van der Waals surface area contributed by atoms with E-state index in [-0.39, 0.29) is 12.2 Å². The molecule has 0 saturated heterocycles. The van der Waals surface area contributed by atoms with Crippen molar-refractivity contribution in [1.82, 2.24) is 5.32 Å². The molecule has 0 aliphatic heterocycles. The second-order valence-electron chi connectivity index (χ2n) is 6.84. The monoisotopic (exact) mass is 347 g/mol. The molecular formula is C16H24F3N3O2. The van der Waals surface area contributed by atoms with Crippen LogP contribution in [0.4, 0.5) is 29.3 Å². The average molecular weight is 347 g/mol. The van der Waals surface area contributed by atoms with Gasteiger partial charge in [0.15, 0.2) is 0 Å². The van der Waals surface area contributed by atoms with Crippen LogP contribution in [0.25, 0.3) is 0 Å². The fourth-order valence-electron chi connectivity index (χ4n) is 1.82. The third kappa shape index (κ3) is 5.59. The predicted octanol–water partition coefficient (Wildman–Crippen LogP) is 3.30. The van der Waals surface area contributed by atoms with E-state index >= 15 is 0 Å². The summed E-state index contributed by atoms with van der Waals surface area (Å²) in [7, 11) is 3.26. The molecule has 3 N–H and O–H groups in total. The number of nitrogens with one attached hydrogen (secondary N) is 2. The summed E-state index contributed by atoms with van der Waals surface area (Å²) >= 11 is 0. The third-order valence-electron chi connectivity index (χ3n) is 3.53. The van der Waals surface area contributed by atoms with E-state index in [1.54, 1.807) is 39.8 Å². The summed E-state index contributed by atoms with van der Waals surface area (Å²) in [5, 5.41) is 14.4. The number of benzene rings is 1. The number of rotatable bonds is 4. The molecule has 0 spiro atoms. The number of hydrogen-bond donors (Lipinski definition) is 3. The zero-order chi connectivity index (χ0) is 18.7. The van der Waals surface area contributed by atoms with Crippen molar-refractivity contribution < 1.29 is 23.1 Å². The molecule has 0 bridgehead atoms. The van der Waals surface area contributed by atoms with Crippen molar-refractivity contribution in [3.05, 3.63) is 23.8 Å². The lowest BCUT2D eigenvalue weighted by atomic mass is 9.89. The molecule has 0 aliphatic carbocycles. The number of hydrogen-bond acceptors (Lipinski definition) is 3. The van der Waals surface area contributed by atoms with Crippen molar-refractivity contribution in [1.29, 1.82) is 0 Å². The molecule has 8 heteroatoms. The average Bonchev–Trinajstić information content (AvgIpc) is 2.42. The zero-order valence-electron chi connectivity index (χ0n) is 14.5. The molecule has 1 rings (SSSR count). The van der Waals surface area contributed by atoms with E-state index in [4.69, 9.17) is 0 Å². The summed E-state index contributed by atoms with van der Waals surface area (Å²) in [4.78, 5) is 13.4. The summed E-state index contributed by atoms with van der Waals surface area (Å²) in [6.45, 7) is 5.31. The summed E-state index contributed by atoms with van der Waals surface area (Å²) in [5.74, 6) is 0. The Balaban J connectivity index is 2.89. The Kier molecular flexibility index (Phi) is 6.10. The van der Waals surface area contributed by atoms with Gasteiger partial charge in [0.2, 0.25) is 0 Å². The Hall–Kier alpha value is -1.96. The fraction of sp³-hybridized carbons (Fsp3) is 0.562. The molecule has 136 valence electrons. The molecule has 0 heterocycles. The number of aliphatic hydroxyl groups is 1. The van der Waals surface area contributed by atoms with Gasteiger partial charge in [0.05, 0.1) is 17.4 Å². The van der Waals surface area contributed by atoms with Crippen molar-refractivity contribution in [3.8, 4) is 0 Å². The molecule has 0 aliphatic rings. The SMILES string of the molecule is CN(C)c1ccc(NC(=O)NCC(O)C(C)(C)C)c(C(F)(F)F)c1. The van der Waals surface area contributed by atoms with Crippen LogP contribution >= 0.6 is 0 Å². The Bertz CT molecular complexity index is 581. The van der Waals surface area contributed by atoms with Crippen LogP contribution in [0.3, 0.4) is 0 Å². The highest BCUT2D eigenvalue weighted by Crippen LogP contribution is 2.37. The maximum Gasteiger partial charge on any atom is 0.418 e.